The van der Waals surface area contributed by atoms with Crippen molar-refractivity contribution >= 4 is 23.2 Å². The van der Waals surface area contributed by atoms with Crippen LogP contribution in [0.25, 0.3) is 0 Å². The number of alkyl halides is 2. The molecule has 1 aliphatic rings. The number of rotatable bonds is 4. The standard InChI is InChI=1S/C19H14Cl2N2/c20-19(21)17(18(19,13-22)14-23,11-15-7-3-1-4-8-15)12-16-9-5-2-6-10-16/h1-10H,11-12H2. The van der Waals surface area contributed by atoms with E-state index < -0.39 is 15.2 Å². The fourth-order valence-electron chi connectivity index (χ4n) is 3.42. The van der Waals surface area contributed by atoms with Gasteiger partial charge < -0.3 is 0 Å². The van der Waals surface area contributed by atoms with Crippen molar-refractivity contribution < 1.29 is 0 Å². The maximum absolute atomic E-state index is 9.64. The van der Waals surface area contributed by atoms with E-state index in [1.54, 1.807) is 0 Å². The summed E-state index contributed by atoms with van der Waals surface area (Å²) < 4.78 is -1.39. The summed E-state index contributed by atoms with van der Waals surface area (Å²) in [5.74, 6) is 0. The molecular weight excluding hydrogens is 327 g/mol. The van der Waals surface area contributed by atoms with Crippen LogP contribution in [0.1, 0.15) is 11.1 Å². The lowest BCUT2D eigenvalue weighted by molar-refractivity contribution is 0.439. The fraction of sp³-hybridized carbons (Fsp3) is 0.263. The summed E-state index contributed by atoms with van der Waals surface area (Å²) in [6.45, 7) is 0. The second-order valence-corrected chi connectivity index (χ2v) is 7.28. The van der Waals surface area contributed by atoms with Crippen LogP contribution in [0.15, 0.2) is 60.7 Å². The Morgan fingerprint density at radius 1 is 0.739 bits per heavy atom. The van der Waals surface area contributed by atoms with Crippen LogP contribution < -0.4 is 0 Å². The van der Waals surface area contributed by atoms with Gasteiger partial charge in [-0.1, -0.05) is 83.9 Å². The fourth-order valence-corrected chi connectivity index (χ4v) is 4.41. The Labute approximate surface area is 145 Å². The van der Waals surface area contributed by atoms with Gasteiger partial charge in [0.15, 0.2) is 9.75 Å². The zero-order valence-corrected chi connectivity index (χ0v) is 13.8. The predicted octanol–water partition coefficient (Wildman–Crippen LogP) is 4.68. The molecule has 2 aromatic rings. The zero-order valence-electron chi connectivity index (χ0n) is 12.3. The molecule has 3 rings (SSSR count). The summed E-state index contributed by atoms with van der Waals surface area (Å²) in [7, 11) is 0. The van der Waals surface area contributed by atoms with E-state index >= 15 is 0 Å². The van der Waals surface area contributed by atoms with E-state index in [1.165, 1.54) is 0 Å². The van der Waals surface area contributed by atoms with E-state index in [9.17, 15) is 10.5 Å². The third-order valence-electron chi connectivity index (χ3n) is 4.76. The van der Waals surface area contributed by atoms with Crippen molar-refractivity contribution in [3.63, 3.8) is 0 Å². The van der Waals surface area contributed by atoms with Crippen LogP contribution in [0, 0.1) is 33.5 Å². The monoisotopic (exact) mass is 340 g/mol. The molecule has 0 aliphatic heterocycles. The summed E-state index contributed by atoms with van der Waals surface area (Å²) >= 11 is 13.0. The van der Waals surface area contributed by atoms with Crippen LogP contribution in [0.5, 0.6) is 0 Å². The first-order valence-corrected chi connectivity index (χ1v) is 8.07. The van der Waals surface area contributed by atoms with E-state index in [-0.39, 0.29) is 0 Å². The average molecular weight is 341 g/mol. The van der Waals surface area contributed by atoms with Crippen molar-refractivity contribution in [2.24, 2.45) is 10.8 Å². The van der Waals surface area contributed by atoms with Crippen molar-refractivity contribution in [2.75, 3.05) is 0 Å². The second kappa shape index (κ2) is 5.57. The largest absolute Gasteiger partial charge is 0.196 e. The molecule has 23 heavy (non-hydrogen) atoms. The molecule has 0 radical (unpaired) electrons. The summed E-state index contributed by atoms with van der Waals surface area (Å²) in [4.78, 5) is 0. The van der Waals surface area contributed by atoms with E-state index in [0.717, 1.165) is 11.1 Å². The zero-order chi connectivity index (χ0) is 16.6. The number of hydrogen-bond donors (Lipinski definition) is 0. The van der Waals surface area contributed by atoms with Gasteiger partial charge in [0, 0.05) is 5.41 Å². The molecule has 1 aliphatic carbocycles. The first-order valence-electron chi connectivity index (χ1n) is 7.31. The van der Waals surface area contributed by atoms with Crippen molar-refractivity contribution in [1.82, 2.24) is 0 Å². The summed E-state index contributed by atoms with van der Waals surface area (Å²) in [6.07, 6.45) is 0.966. The van der Waals surface area contributed by atoms with Gasteiger partial charge in [-0.3, -0.25) is 0 Å². The Balaban J connectivity index is 2.06. The molecule has 0 saturated heterocycles. The van der Waals surface area contributed by atoms with Gasteiger partial charge in [0.1, 0.15) is 0 Å². The highest BCUT2D eigenvalue weighted by Crippen LogP contribution is 2.79. The first kappa shape index (κ1) is 15.9. The first-order chi connectivity index (χ1) is 11.0. The highest BCUT2D eigenvalue weighted by atomic mass is 35.5. The topological polar surface area (TPSA) is 47.6 Å². The summed E-state index contributed by atoms with van der Waals surface area (Å²) in [5, 5.41) is 19.3. The number of halogens is 2. The van der Waals surface area contributed by atoms with Crippen molar-refractivity contribution in [1.29, 1.82) is 10.5 Å². The summed E-state index contributed by atoms with van der Waals surface area (Å²) in [6, 6.07) is 23.6. The lowest BCUT2D eigenvalue weighted by atomic mass is 9.83. The third-order valence-corrected chi connectivity index (χ3v) is 6.05. The molecular formula is C19H14Cl2N2. The Kier molecular flexibility index (Phi) is 3.85. The average Bonchev–Trinajstić information content (AvgIpc) is 2.97. The van der Waals surface area contributed by atoms with Crippen LogP contribution in [0.3, 0.4) is 0 Å². The van der Waals surface area contributed by atoms with Gasteiger partial charge in [0.2, 0.25) is 0 Å². The molecule has 4 heteroatoms. The Morgan fingerprint density at radius 3 is 1.43 bits per heavy atom. The Bertz CT molecular complexity index is 730. The second-order valence-electron chi connectivity index (χ2n) is 5.95. The van der Waals surface area contributed by atoms with Crippen LogP contribution >= 0.6 is 23.2 Å². The van der Waals surface area contributed by atoms with Gasteiger partial charge in [0.05, 0.1) is 12.1 Å². The highest BCUT2D eigenvalue weighted by molar-refractivity contribution is 6.53. The van der Waals surface area contributed by atoms with Gasteiger partial charge in [0.25, 0.3) is 0 Å². The van der Waals surface area contributed by atoms with Crippen LogP contribution in [0.2, 0.25) is 0 Å². The van der Waals surface area contributed by atoms with E-state index in [1.807, 2.05) is 60.7 Å². The van der Waals surface area contributed by atoms with Gasteiger partial charge in [-0.25, -0.2) is 0 Å². The molecule has 0 spiro atoms. The number of hydrogen-bond acceptors (Lipinski definition) is 2. The van der Waals surface area contributed by atoms with Crippen molar-refractivity contribution in [3.8, 4) is 12.1 Å². The maximum atomic E-state index is 9.64. The van der Waals surface area contributed by atoms with E-state index in [4.69, 9.17) is 23.2 Å². The number of benzene rings is 2. The van der Waals surface area contributed by atoms with Crippen LogP contribution in [0.4, 0.5) is 0 Å². The normalized spacial score (nSPS) is 19.3. The molecule has 1 saturated carbocycles. The third kappa shape index (κ3) is 2.14. The Morgan fingerprint density at radius 2 is 1.13 bits per heavy atom. The van der Waals surface area contributed by atoms with Gasteiger partial charge in [-0.2, -0.15) is 10.5 Å². The van der Waals surface area contributed by atoms with Crippen LogP contribution in [-0.4, -0.2) is 4.33 Å². The lowest BCUT2D eigenvalue weighted by Gasteiger charge is -2.18. The quantitative estimate of drug-likeness (QED) is 0.758. The van der Waals surface area contributed by atoms with E-state index in [0.29, 0.717) is 12.8 Å². The minimum atomic E-state index is -1.41. The number of nitrogens with zero attached hydrogens (tertiary/aromatic N) is 2. The Hall–Kier alpha value is -2.00. The lowest BCUT2D eigenvalue weighted by Crippen LogP contribution is -2.19. The molecule has 2 nitrogen and oxygen atoms in total. The van der Waals surface area contributed by atoms with Gasteiger partial charge >= 0.3 is 0 Å². The number of nitriles is 2. The predicted molar refractivity (Wildman–Crippen MR) is 90.8 cm³/mol. The molecule has 0 N–H and O–H groups in total. The molecule has 0 unspecified atom stereocenters. The van der Waals surface area contributed by atoms with E-state index in [2.05, 4.69) is 12.1 Å². The van der Waals surface area contributed by atoms with Gasteiger partial charge in [-0.05, 0) is 24.0 Å². The molecule has 0 amide bonds. The summed E-state index contributed by atoms with van der Waals surface area (Å²) in [5.41, 5.74) is -0.202. The molecule has 0 atom stereocenters. The minimum absolute atomic E-state index is 0.483. The van der Waals surface area contributed by atoms with Crippen molar-refractivity contribution in [3.05, 3.63) is 71.8 Å². The molecule has 2 aromatic carbocycles. The highest BCUT2D eigenvalue weighted by Gasteiger charge is 2.88. The molecule has 0 bridgehead atoms. The smallest absolute Gasteiger partial charge is 0.186 e. The van der Waals surface area contributed by atoms with Gasteiger partial charge in [-0.15, -0.1) is 0 Å². The SMILES string of the molecule is N#CC1(C#N)C(Cl)(Cl)C1(Cc1ccccc1)Cc1ccccc1. The van der Waals surface area contributed by atoms with Crippen LogP contribution in [-0.2, 0) is 12.8 Å². The molecule has 0 aromatic heterocycles. The maximum Gasteiger partial charge on any atom is 0.186 e. The molecule has 0 heterocycles. The molecule has 1 fully saturated rings. The van der Waals surface area contributed by atoms with Crippen molar-refractivity contribution in [2.45, 2.75) is 17.2 Å². The minimum Gasteiger partial charge on any atom is -0.196 e. The molecule has 114 valence electrons.